The van der Waals surface area contributed by atoms with E-state index in [2.05, 4.69) is 87.3 Å². The number of aromatic nitrogens is 1. The number of hydrogen-bond acceptors (Lipinski definition) is 3. The van der Waals surface area contributed by atoms with Crippen LogP contribution < -0.4 is 0 Å². The summed E-state index contributed by atoms with van der Waals surface area (Å²) in [6.45, 7) is 9.69. The topological polar surface area (TPSA) is 62.7 Å². The van der Waals surface area contributed by atoms with E-state index in [1.165, 1.54) is 22.3 Å². The number of ether oxygens (including phenoxy) is 1. The van der Waals surface area contributed by atoms with Crippen LogP contribution in [0.3, 0.4) is 0 Å². The minimum atomic E-state index is -0.850. The molecule has 1 aliphatic rings. The van der Waals surface area contributed by atoms with E-state index in [9.17, 15) is 4.79 Å². The monoisotopic (exact) mass is 469 g/mol. The summed E-state index contributed by atoms with van der Waals surface area (Å²) in [4.78, 5) is 15.3. The molecule has 182 valence electrons. The Hall–Kier alpha value is -3.24. The van der Waals surface area contributed by atoms with E-state index in [4.69, 9.17) is 9.84 Å². The van der Waals surface area contributed by atoms with Crippen molar-refractivity contribution in [2.45, 2.75) is 64.4 Å². The SMILES string of the molecule is CCC1(/C=C/c2ccc(C(CC)(CC)c3ccc(-c4cncc(CC(=O)O)c4)cc3)cc2C)CO1. The van der Waals surface area contributed by atoms with Crippen molar-refractivity contribution in [1.82, 2.24) is 4.98 Å². The minimum absolute atomic E-state index is 0.0231. The number of benzene rings is 2. The van der Waals surface area contributed by atoms with Crippen molar-refractivity contribution >= 4 is 12.0 Å². The largest absolute Gasteiger partial charge is 0.481 e. The van der Waals surface area contributed by atoms with Crippen molar-refractivity contribution < 1.29 is 14.6 Å². The first kappa shape index (κ1) is 24.9. The summed E-state index contributed by atoms with van der Waals surface area (Å²) < 4.78 is 5.63. The van der Waals surface area contributed by atoms with Gasteiger partial charge in [0.05, 0.1) is 13.0 Å². The molecule has 4 rings (SSSR count). The van der Waals surface area contributed by atoms with Crippen LogP contribution in [0.2, 0.25) is 0 Å². The van der Waals surface area contributed by atoms with Crippen molar-refractivity contribution in [1.29, 1.82) is 0 Å². The molecule has 2 heterocycles. The summed E-state index contributed by atoms with van der Waals surface area (Å²) in [6, 6.07) is 17.4. The Morgan fingerprint density at radius 1 is 1.03 bits per heavy atom. The number of aliphatic carboxylic acids is 1. The van der Waals surface area contributed by atoms with E-state index in [1.807, 2.05) is 6.07 Å². The van der Waals surface area contributed by atoms with E-state index < -0.39 is 5.97 Å². The highest BCUT2D eigenvalue weighted by Crippen LogP contribution is 2.40. The van der Waals surface area contributed by atoms with Gasteiger partial charge in [-0.3, -0.25) is 9.78 Å². The molecule has 0 aliphatic carbocycles. The first-order valence-electron chi connectivity index (χ1n) is 12.6. The number of hydrogen-bond donors (Lipinski definition) is 1. The van der Waals surface area contributed by atoms with E-state index in [-0.39, 0.29) is 17.4 Å². The van der Waals surface area contributed by atoms with Gasteiger partial charge in [0.25, 0.3) is 0 Å². The molecule has 1 N–H and O–H groups in total. The number of pyridine rings is 1. The van der Waals surface area contributed by atoms with Crippen molar-refractivity contribution in [3.05, 3.63) is 94.8 Å². The van der Waals surface area contributed by atoms with Crippen LogP contribution in [0.25, 0.3) is 17.2 Å². The predicted molar refractivity (Wildman–Crippen MR) is 142 cm³/mol. The molecule has 0 saturated carbocycles. The zero-order valence-electron chi connectivity index (χ0n) is 21.2. The lowest BCUT2D eigenvalue weighted by atomic mass is 9.70. The second-order valence-corrected chi connectivity index (χ2v) is 9.63. The van der Waals surface area contributed by atoms with Crippen molar-refractivity contribution in [2.75, 3.05) is 6.61 Å². The maximum atomic E-state index is 11.1. The molecule has 35 heavy (non-hydrogen) atoms. The van der Waals surface area contributed by atoms with Crippen LogP contribution in [0.15, 0.2) is 67.0 Å². The normalized spacial score (nSPS) is 17.6. The number of carboxylic acid groups (broad SMARTS) is 1. The molecular formula is C31H35NO3. The lowest BCUT2D eigenvalue weighted by Gasteiger charge is -2.34. The molecule has 0 spiro atoms. The number of nitrogens with zero attached hydrogens (tertiary/aromatic N) is 1. The van der Waals surface area contributed by atoms with Gasteiger partial charge in [-0.1, -0.05) is 69.3 Å². The highest BCUT2D eigenvalue weighted by molar-refractivity contribution is 5.72. The Morgan fingerprint density at radius 3 is 2.29 bits per heavy atom. The lowest BCUT2D eigenvalue weighted by molar-refractivity contribution is -0.136. The summed E-state index contributed by atoms with van der Waals surface area (Å²) in [7, 11) is 0. The Morgan fingerprint density at radius 2 is 1.71 bits per heavy atom. The zero-order valence-corrected chi connectivity index (χ0v) is 21.2. The van der Waals surface area contributed by atoms with Gasteiger partial charge in [0.2, 0.25) is 0 Å². The quantitative estimate of drug-likeness (QED) is 0.325. The van der Waals surface area contributed by atoms with Crippen LogP contribution in [-0.4, -0.2) is 28.3 Å². The van der Waals surface area contributed by atoms with Crippen molar-refractivity contribution in [3.63, 3.8) is 0 Å². The van der Waals surface area contributed by atoms with Gasteiger partial charge >= 0.3 is 5.97 Å². The number of aryl methyl sites for hydroxylation is 1. The van der Waals surface area contributed by atoms with E-state index in [1.54, 1.807) is 12.4 Å². The highest BCUT2D eigenvalue weighted by atomic mass is 16.6. The summed E-state index contributed by atoms with van der Waals surface area (Å²) in [6.07, 6.45) is 10.8. The van der Waals surface area contributed by atoms with Gasteiger partial charge < -0.3 is 9.84 Å². The molecule has 1 aromatic heterocycles. The average Bonchev–Trinajstić information content (AvgIpc) is 3.65. The molecule has 1 unspecified atom stereocenters. The predicted octanol–water partition coefficient (Wildman–Crippen LogP) is 6.98. The van der Waals surface area contributed by atoms with Crippen LogP contribution in [0.1, 0.15) is 67.9 Å². The fraction of sp³-hybridized carbons (Fsp3) is 0.355. The van der Waals surface area contributed by atoms with Gasteiger partial charge in [-0.25, -0.2) is 0 Å². The fourth-order valence-corrected chi connectivity index (χ4v) is 5.04. The van der Waals surface area contributed by atoms with Crippen LogP contribution in [0.5, 0.6) is 0 Å². The van der Waals surface area contributed by atoms with E-state index >= 15 is 0 Å². The van der Waals surface area contributed by atoms with Gasteiger partial charge in [-0.2, -0.15) is 0 Å². The number of carboxylic acids is 1. The molecule has 3 aromatic rings. The molecule has 0 radical (unpaired) electrons. The maximum absolute atomic E-state index is 11.1. The molecule has 2 aromatic carbocycles. The Balaban J connectivity index is 1.63. The minimum Gasteiger partial charge on any atom is -0.481 e. The molecule has 4 nitrogen and oxygen atoms in total. The van der Waals surface area contributed by atoms with Crippen molar-refractivity contribution in [3.8, 4) is 11.1 Å². The third-order valence-corrected chi connectivity index (χ3v) is 7.63. The molecule has 0 bridgehead atoms. The van der Waals surface area contributed by atoms with E-state index in [0.29, 0.717) is 5.56 Å². The lowest BCUT2D eigenvalue weighted by Crippen LogP contribution is -2.26. The standard InChI is InChI=1S/C31H35NO3/c1-5-30(21-35-30)15-14-24-8-13-28(16-22(24)4)31(6-2,7-3)27-11-9-25(10-12-27)26-17-23(18-29(33)34)19-32-20-26/h8-17,19-20H,5-7,18,21H2,1-4H3,(H,33,34)/b15-14+. The molecular weight excluding hydrogens is 434 g/mol. The van der Waals surface area contributed by atoms with Crippen LogP contribution >= 0.6 is 0 Å². The number of epoxide rings is 1. The van der Waals surface area contributed by atoms with Gasteiger partial charge in [0, 0.05) is 23.4 Å². The van der Waals surface area contributed by atoms with E-state index in [0.717, 1.165) is 37.0 Å². The number of rotatable bonds is 10. The van der Waals surface area contributed by atoms with Crippen LogP contribution in [0, 0.1) is 6.92 Å². The summed E-state index contributed by atoms with van der Waals surface area (Å²) in [5.41, 5.74) is 7.70. The van der Waals surface area contributed by atoms with Crippen LogP contribution in [0.4, 0.5) is 0 Å². The first-order chi connectivity index (χ1) is 16.8. The maximum Gasteiger partial charge on any atom is 0.307 e. The Labute approximate surface area is 208 Å². The highest BCUT2D eigenvalue weighted by Gasteiger charge is 2.39. The summed E-state index contributed by atoms with van der Waals surface area (Å²) >= 11 is 0. The fourth-order valence-electron chi connectivity index (χ4n) is 5.04. The first-order valence-corrected chi connectivity index (χ1v) is 12.6. The molecule has 1 saturated heterocycles. The van der Waals surface area contributed by atoms with Gasteiger partial charge in [0.1, 0.15) is 5.60 Å². The second kappa shape index (κ2) is 10.2. The Bertz CT molecular complexity index is 1220. The Kier molecular flexibility index (Phi) is 7.23. The molecule has 4 heteroatoms. The third-order valence-electron chi connectivity index (χ3n) is 7.63. The second-order valence-electron chi connectivity index (χ2n) is 9.63. The molecule has 1 fully saturated rings. The average molecular weight is 470 g/mol. The smallest absolute Gasteiger partial charge is 0.307 e. The number of carbonyl (C=O) groups is 1. The summed E-state index contributed by atoms with van der Waals surface area (Å²) in [5.74, 6) is -0.850. The van der Waals surface area contributed by atoms with Crippen LogP contribution in [-0.2, 0) is 21.4 Å². The molecule has 1 aliphatic heterocycles. The summed E-state index contributed by atoms with van der Waals surface area (Å²) in [5, 5.41) is 9.10. The zero-order chi connectivity index (χ0) is 25.1. The van der Waals surface area contributed by atoms with Crippen molar-refractivity contribution in [2.24, 2.45) is 0 Å². The van der Waals surface area contributed by atoms with Gasteiger partial charge in [-0.05, 0) is 71.7 Å². The molecule has 0 amide bonds. The van der Waals surface area contributed by atoms with Gasteiger partial charge in [0.15, 0.2) is 0 Å². The van der Waals surface area contributed by atoms with Gasteiger partial charge in [-0.15, -0.1) is 0 Å². The third kappa shape index (κ3) is 5.23. The molecule has 1 atom stereocenters.